The predicted octanol–water partition coefficient (Wildman–Crippen LogP) is 2.64. The molecule has 1 unspecified atom stereocenters. The Kier molecular flexibility index (Phi) is 2.82. The van der Waals surface area contributed by atoms with Crippen molar-refractivity contribution >= 4 is 0 Å². The summed E-state index contributed by atoms with van der Waals surface area (Å²) in [6.45, 7) is -0.239. The van der Waals surface area contributed by atoms with Crippen molar-refractivity contribution in [3.05, 3.63) is 35.4 Å². The summed E-state index contributed by atoms with van der Waals surface area (Å²) in [5, 5.41) is 8.98. The highest BCUT2D eigenvalue weighted by Gasteiger charge is 2.32. The molecule has 14 heavy (non-hydrogen) atoms. The molecular formula is C12H15FO. The zero-order valence-corrected chi connectivity index (χ0v) is 8.12. The molecule has 1 aromatic carbocycles. The first-order valence-corrected chi connectivity index (χ1v) is 5.11. The summed E-state index contributed by atoms with van der Waals surface area (Å²) in [5.74, 6) is 0.593. The number of hydrogen-bond donors (Lipinski definition) is 1. The van der Waals surface area contributed by atoms with Crippen molar-refractivity contribution in [2.24, 2.45) is 5.92 Å². The minimum atomic E-state index is -0.278. The lowest BCUT2D eigenvalue weighted by Crippen LogP contribution is -2.04. The van der Waals surface area contributed by atoms with Gasteiger partial charge in [-0.15, -0.1) is 0 Å². The highest BCUT2D eigenvalue weighted by Crippen LogP contribution is 2.42. The largest absolute Gasteiger partial charge is 0.392 e. The molecule has 0 spiro atoms. The van der Waals surface area contributed by atoms with E-state index in [-0.39, 0.29) is 19.2 Å². The van der Waals surface area contributed by atoms with Gasteiger partial charge < -0.3 is 5.11 Å². The molecule has 1 saturated carbocycles. The molecule has 0 heterocycles. The van der Waals surface area contributed by atoms with Gasteiger partial charge in [0.2, 0.25) is 0 Å². The van der Waals surface area contributed by atoms with Crippen molar-refractivity contribution in [2.75, 3.05) is 6.67 Å². The minimum Gasteiger partial charge on any atom is -0.392 e. The summed E-state index contributed by atoms with van der Waals surface area (Å²) >= 11 is 0. The zero-order valence-electron chi connectivity index (χ0n) is 8.12. The Hall–Kier alpha value is -0.890. The van der Waals surface area contributed by atoms with E-state index in [4.69, 9.17) is 5.11 Å². The fourth-order valence-electron chi connectivity index (χ4n) is 1.91. The van der Waals surface area contributed by atoms with E-state index in [1.807, 2.05) is 24.3 Å². The molecule has 1 atom stereocenters. The van der Waals surface area contributed by atoms with Crippen LogP contribution >= 0.6 is 0 Å². The van der Waals surface area contributed by atoms with Crippen molar-refractivity contribution < 1.29 is 9.50 Å². The molecule has 1 aromatic rings. The predicted molar refractivity (Wildman–Crippen MR) is 53.8 cm³/mol. The average Bonchev–Trinajstić information content (AvgIpc) is 3.04. The third kappa shape index (κ3) is 1.95. The molecule has 0 radical (unpaired) electrons. The van der Waals surface area contributed by atoms with Crippen LogP contribution in [0, 0.1) is 5.92 Å². The molecule has 0 aliphatic heterocycles. The molecule has 0 saturated heterocycles. The summed E-state index contributed by atoms with van der Waals surface area (Å²) < 4.78 is 12.8. The van der Waals surface area contributed by atoms with Crippen LogP contribution in [0.2, 0.25) is 0 Å². The summed E-state index contributed by atoms with van der Waals surface area (Å²) in [4.78, 5) is 0. The maximum absolute atomic E-state index is 12.8. The van der Waals surface area contributed by atoms with Gasteiger partial charge in [0.25, 0.3) is 0 Å². The first kappa shape index (κ1) is 9.66. The number of halogens is 1. The SMILES string of the molecule is OCc1cccc(C(CF)C2CC2)c1. The number of aliphatic hydroxyl groups is 1. The number of aliphatic hydroxyl groups excluding tert-OH is 1. The van der Waals surface area contributed by atoms with Crippen LogP contribution in [0.25, 0.3) is 0 Å². The smallest absolute Gasteiger partial charge is 0.0965 e. The van der Waals surface area contributed by atoms with Crippen LogP contribution in [0.5, 0.6) is 0 Å². The van der Waals surface area contributed by atoms with Crippen molar-refractivity contribution in [1.29, 1.82) is 0 Å². The third-order valence-corrected chi connectivity index (χ3v) is 2.92. The zero-order chi connectivity index (χ0) is 9.97. The van der Waals surface area contributed by atoms with Crippen LogP contribution in [-0.4, -0.2) is 11.8 Å². The minimum absolute atomic E-state index is 0.0392. The second kappa shape index (κ2) is 4.09. The van der Waals surface area contributed by atoms with Crippen LogP contribution in [0.1, 0.15) is 29.9 Å². The molecule has 0 amide bonds. The maximum atomic E-state index is 12.8. The lowest BCUT2D eigenvalue weighted by molar-refractivity contribution is 0.281. The third-order valence-electron chi connectivity index (χ3n) is 2.92. The van der Waals surface area contributed by atoms with Gasteiger partial charge in [-0.3, -0.25) is 4.39 Å². The van der Waals surface area contributed by atoms with Gasteiger partial charge in [-0.25, -0.2) is 0 Å². The van der Waals surface area contributed by atoms with E-state index in [1.54, 1.807) is 0 Å². The Balaban J connectivity index is 2.20. The Morgan fingerprint density at radius 2 is 2.21 bits per heavy atom. The van der Waals surface area contributed by atoms with E-state index < -0.39 is 0 Å². The number of alkyl halides is 1. The van der Waals surface area contributed by atoms with Crippen molar-refractivity contribution in [3.63, 3.8) is 0 Å². The molecule has 1 N–H and O–H groups in total. The lowest BCUT2D eigenvalue weighted by atomic mass is 9.94. The molecule has 0 aromatic heterocycles. The highest BCUT2D eigenvalue weighted by atomic mass is 19.1. The highest BCUT2D eigenvalue weighted by molar-refractivity contribution is 5.27. The van der Waals surface area contributed by atoms with Gasteiger partial charge in [0.15, 0.2) is 0 Å². The summed E-state index contributed by atoms with van der Waals surface area (Å²) in [7, 11) is 0. The van der Waals surface area contributed by atoms with E-state index in [0.29, 0.717) is 5.92 Å². The van der Waals surface area contributed by atoms with Gasteiger partial charge in [0, 0.05) is 5.92 Å². The molecule has 1 nitrogen and oxygen atoms in total. The summed E-state index contributed by atoms with van der Waals surface area (Å²) in [6.07, 6.45) is 2.30. The molecule has 1 aliphatic carbocycles. The molecule has 76 valence electrons. The second-order valence-electron chi connectivity index (χ2n) is 4.00. The van der Waals surface area contributed by atoms with E-state index in [9.17, 15) is 4.39 Å². The fourth-order valence-corrected chi connectivity index (χ4v) is 1.91. The standard InChI is InChI=1S/C12H15FO/c13-7-12(10-4-5-10)11-3-1-2-9(6-11)8-14/h1-3,6,10,12,14H,4-5,7-8H2. The van der Waals surface area contributed by atoms with E-state index in [1.165, 1.54) is 0 Å². The monoisotopic (exact) mass is 194 g/mol. The van der Waals surface area contributed by atoms with Gasteiger partial charge in [-0.2, -0.15) is 0 Å². The summed E-state index contributed by atoms with van der Waals surface area (Å²) in [6, 6.07) is 7.64. The van der Waals surface area contributed by atoms with Gasteiger partial charge in [-0.1, -0.05) is 24.3 Å². The number of benzene rings is 1. The van der Waals surface area contributed by atoms with Gasteiger partial charge in [0.1, 0.15) is 0 Å². The average molecular weight is 194 g/mol. The molecule has 0 bridgehead atoms. The maximum Gasteiger partial charge on any atom is 0.0965 e. The van der Waals surface area contributed by atoms with Crippen molar-refractivity contribution in [3.8, 4) is 0 Å². The fraction of sp³-hybridized carbons (Fsp3) is 0.500. The number of hydrogen-bond acceptors (Lipinski definition) is 1. The topological polar surface area (TPSA) is 20.2 Å². The molecule has 1 aliphatic rings. The van der Waals surface area contributed by atoms with Crippen LogP contribution in [0.15, 0.2) is 24.3 Å². The lowest BCUT2D eigenvalue weighted by Gasteiger charge is -2.13. The van der Waals surface area contributed by atoms with Gasteiger partial charge in [-0.05, 0) is 29.9 Å². The quantitative estimate of drug-likeness (QED) is 0.781. The van der Waals surface area contributed by atoms with E-state index in [0.717, 1.165) is 24.0 Å². The first-order valence-electron chi connectivity index (χ1n) is 5.11. The van der Waals surface area contributed by atoms with Gasteiger partial charge >= 0.3 is 0 Å². The van der Waals surface area contributed by atoms with E-state index >= 15 is 0 Å². The Bertz CT molecular complexity index is 307. The van der Waals surface area contributed by atoms with Crippen LogP contribution in [0.3, 0.4) is 0 Å². The first-order chi connectivity index (χ1) is 6.85. The second-order valence-corrected chi connectivity index (χ2v) is 4.00. The molecule has 2 heteroatoms. The van der Waals surface area contributed by atoms with Crippen LogP contribution < -0.4 is 0 Å². The Morgan fingerprint density at radius 1 is 1.43 bits per heavy atom. The number of rotatable bonds is 4. The van der Waals surface area contributed by atoms with Crippen LogP contribution in [0.4, 0.5) is 4.39 Å². The normalized spacial score (nSPS) is 18.1. The van der Waals surface area contributed by atoms with Crippen molar-refractivity contribution in [1.82, 2.24) is 0 Å². The molecular weight excluding hydrogens is 179 g/mol. The summed E-state index contributed by atoms with van der Waals surface area (Å²) in [5.41, 5.74) is 1.92. The van der Waals surface area contributed by atoms with E-state index in [2.05, 4.69) is 0 Å². The van der Waals surface area contributed by atoms with Crippen LogP contribution in [-0.2, 0) is 6.61 Å². The Morgan fingerprint density at radius 3 is 2.79 bits per heavy atom. The van der Waals surface area contributed by atoms with Gasteiger partial charge in [0.05, 0.1) is 13.3 Å². The molecule has 1 fully saturated rings. The Labute approximate surface area is 83.6 Å². The van der Waals surface area contributed by atoms with Crippen molar-refractivity contribution in [2.45, 2.75) is 25.4 Å². The molecule has 2 rings (SSSR count).